The van der Waals surface area contributed by atoms with Gasteiger partial charge in [-0.25, -0.2) is 4.98 Å². The highest BCUT2D eigenvalue weighted by Gasteiger charge is 2.33. The normalized spacial score (nSPS) is 24.3. The van der Waals surface area contributed by atoms with E-state index in [2.05, 4.69) is 11.9 Å². The Balaban J connectivity index is 2.28. The van der Waals surface area contributed by atoms with E-state index in [9.17, 15) is 4.79 Å². The van der Waals surface area contributed by atoms with E-state index in [1.165, 1.54) is 11.3 Å². The number of amides is 1. The molecule has 1 amide bonds. The zero-order chi connectivity index (χ0) is 13.3. The average molecular weight is 267 g/mol. The van der Waals surface area contributed by atoms with Gasteiger partial charge in [-0.05, 0) is 40.0 Å². The molecular weight excluding hydrogens is 246 g/mol. The van der Waals surface area contributed by atoms with Crippen LogP contribution in [0.2, 0.25) is 0 Å². The summed E-state index contributed by atoms with van der Waals surface area (Å²) in [6, 6.07) is 0.463. The second kappa shape index (κ2) is 5.36. The number of carbonyl (C=O) groups excluding carboxylic acids is 1. The number of rotatable bonds is 2. The first kappa shape index (κ1) is 13.5. The van der Waals surface area contributed by atoms with Gasteiger partial charge < -0.3 is 10.6 Å². The third kappa shape index (κ3) is 2.42. The molecule has 1 aliphatic heterocycles. The molecule has 4 nitrogen and oxygen atoms in total. The first-order valence-electron chi connectivity index (χ1n) is 6.51. The number of carbonyl (C=O) groups is 1. The predicted molar refractivity (Wildman–Crippen MR) is 73.9 cm³/mol. The molecule has 2 heterocycles. The lowest BCUT2D eigenvalue weighted by Crippen LogP contribution is -2.51. The molecule has 18 heavy (non-hydrogen) atoms. The van der Waals surface area contributed by atoms with Crippen molar-refractivity contribution in [3.8, 4) is 0 Å². The zero-order valence-electron chi connectivity index (χ0n) is 11.3. The Morgan fingerprint density at radius 2 is 2.22 bits per heavy atom. The minimum atomic E-state index is 0.112. The van der Waals surface area contributed by atoms with E-state index >= 15 is 0 Å². The van der Waals surface area contributed by atoms with Gasteiger partial charge in [-0.1, -0.05) is 0 Å². The molecule has 1 aliphatic rings. The van der Waals surface area contributed by atoms with E-state index in [0.717, 1.165) is 34.8 Å². The van der Waals surface area contributed by atoms with Gasteiger partial charge in [-0.2, -0.15) is 0 Å². The second-order valence-corrected chi connectivity index (χ2v) is 6.23. The molecule has 100 valence electrons. The summed E-state index contributed by atoms with van der Waals surface area (Å²) in [5.41, 5.74) is 6.65. The Bertz CT molecular complexity index is 443. The maximum atomic E-state index is 12.7. The Hall–Kier alpha value is -0.940. The van der Waals surface area contributed by atoms with E-state index in [0.29, 0.717) is 6.54 Å². The molecule has 0 saturated carbocycles. The van der Waals surface area contributed by atoms with Gasteiger partial charge in [0.15, 0.2) is 0 Å². The Morgan fingerprint density at radius 3 is 2.78 bits per heavy atom. The highest BCUT2D eigenvalue weighted by Crippen LogP contribution is 2.27. The molecule has 2 rings (SSSR count). The van der Waals surface area contributed by atoms with Crippen molar-refractivity contribution >= 4 is 17.2 Å². The van der Waals surface area contributed by atoms with E-state index in [1.54, 1.807) is 0 Å². The fraction of sp³-hybridized carbons (Fsp3) is 0.692. The molecule has 2 N–H and O–H groups in total. The minimum Gasteiger partial charge on any atom is -0.331 e. The van der Waals surface area contributed by atoms with Crippen LogP contribution >= 0.6 is 11.3 Å². The molecule has 0 bridgehead atoms. The molecule has 2 unspecified atom stereocenters. The van der Waals surface area contributed by atoms with Crippen molar-refractivity contribution in [3.63, 3.8) is 0 Å². The number of aromatic nitrogens is 1. The van der Waals surface area contributed by atoms with Crippen molar-refractivity contribution in [1.29, 1.82) is 0 Å². The fourth-order valence-corrected chi connectivity index (χ4v) is 3.60. The summed E-state index contributed by atoms with van der Waals surface area (Å²) in [7, 11) is 0. The zero-order valence-corrected chi connectivity index (χ0v) is 12.1. The molecule has 0 spiro atoms. The quantitative estimate of drug-likeness (QED) is 0.892. The van der Waals surface area contributed by atoms with Gasteiger partial charge in [0.2, 0.25) is 0 Å². The van der Waals surface area contributed by atoms with Crippen molar-refractivity contribution in [2.75, 3.05) is 6.54 Å². The SMILES string of the molecule is Cc1nc(C)c(C(=O)N2C(C)CCCC2CN)s1. The largest absolute Gasteiger partial charge is 0.331 e. The summed E-state index contributed by atoms with van der Waals surface area (Å²) in [4.78, 5) is 19.8. The van der Waals surface area contributed by atoms with Crippen LogP contribution in [0.4, 0.5) is 0 Å². The van der Waals surface area contributed by atoms with E-state index < -0.39 is 0 Å². The Morgan fingerprint density at radius 1 is 1.50 bits per heavy atom. The van der Waals surface area contributed by atoms with Crippen molar-refractivity contribution in [3.05, 3.63) is 15.6 Å². The number of hydrogen-bond donors (Lipinski definition) is 1. The standard InChI is InChI=1S/C13H21N3OS/c1-8-5-4-6-11(7-14)16(8)13(17)12-9(2)15-10(3)18-12/h8,11H,4-7,14H2,1-3H3. The van der Waals surface area contributed by atoms with Gasteiger partial charge in [0, 0.05) is 18.6 Å². The molecule has 1 aromatic rings. The van der Waals surface area contributed by atoms with Crippen LogP contribution in [0.5, 0.6) is 0 Å². The van der Waals surface area contributed by atoms with Crippen LogP contribution in [0, 0.1) is 13.8 Å². The van der Waals surface area contributed by atoms with Gasteiger partial charge >= 0.3 is 0 Å². The van der Waals surface area contributed by atoms with E-state index in [4.69, 9.17) is 5.73 Å². The van der Waals surface area contributed by atoms with Crippen LogP contribution in [-0.2, 0) is 0 Å². The summed E-state index contributed by atoms with van der Waals surface area (Å²) in [5.74, 6) is 0.112. The summed E-state index contributed by atoms with van der Waals surface area (Å²) >= 11 is 1.49. The number of hydrogen-bond acceptors (Lipinski definition) is 4. The minimum absolute atomic E-state index is 0.112. The molecular formula is C13H21N3OS. The molecule has 1 saturated heterocycles. The van der Waals surface area contributed by atoms with Gasteiger partial charge in [0.05, 0.1) is 10.7 Å². The summed E-state index contributed by atoms with van der Waals surface area (Å²) in [6.45, 7) is 6.51. The fourth-order valence-electron chi connectivity index (χ4n) is 2.73. The summed E-state index contributed by atoms with van der Waals surface area (Å²) in [5, 5.41) is 0.949. The van der Waals surface area contributed by atoms with Crippen LogP contribution in [0.25, 0.3) is 0 Å². The number of piperidine rings is 1. The molecule has 0 aliphatic carbocycles. The van der Waals surface area contributed by atoms with Gasteiger partial charge in [-0.15, -0.1) is 11.3 Å². The maximum Gasteiger partial charge on any atom is 0.266 e. The summed E-state index contributed by atoms with van der Waals surface area (Å²) < 4.78 is 0. The smallest absolute Gasteiger partial charge is 0.266 e. The third-order valence-corrected chi connectivity index (χ3v) is 4.69. The molecule has 1 fully saturated rings. The summed E-state index contributed by atoms with van der Waals surface area (Å²) in [6.07, 6.45) is 3.25. The second-order valence-electron chi connectivity index (χ2n) is 5.03. The van der Waals surface area contributed by atoms with Crippen LogP contribution in [0.15, 0.2) is 0 Å². The monoisotopic (exact) mass is 267 g/mol. The van der Waals surface area contributed by atoms with Crippen molar-refractivity contribution in [2.24, 2.45) is 5.73 Å². The number of thiazole rings is 1. The van der Waals surface area contributed by atoms with Crippen LogP contribution < -0.4 is 5.73 Å². The third-order valence-electron chi connectivity index (χ3n) is 3.63. The van der Waals surface area contributed by atoms with E-state index in [-0.39, 0.29) is 18.0 Å². The average Bonchev–Trinajstić information content (AvgIpc) is 2.67. The van der Waals surface area contributed by atoms with Crippen molar-refractivity contribution in [1.82, 2.24) is 9.88 Å². The molecule has 1 aromatic heterocycles. The highest BCUT2D eigenvalue weighted by molar-refractivity contribution is 7.13. The molecule has 0 aromatic carbocycles. The first-order chi connectivity index (χ1) is 8.54. The number of aryl methyl sites for hydroxylation is 2. The van der Waals surface area contributed by atoms with Gasteiger partial charge in [0.25, 0.3) is 5.91 Å². The Kier molecular flexibility index (Phi) is 4.02. The molecule has 2 atom stereocenters. The lowest BCUT2D eigenvalue weighted by Gasteiger charge is -2.40. The van der Waals surface area contributed by atoms with Crippen molar-refractivity contribution < 1.29 is 4.79 Å². The van der Waals surface area contributed by atoms with Crippen molar-refractivity contribution in [2.45, 2.75) is 52.1 Å². The Labute approximate surface area is 112 Å². The predicted octanol–water partition coefficient (Wildman–Crippen LogP) is 2.10. The lowest BCUT2D eigenvalue weighted by molar-refractivity contribution is 0.0498. The number of nitrogens with two attached hydrogens (primary N) is 1. The van der Waals surface area contributed by atoms with Crippen LogP contribution in [-0.4, -0.2) is 34.4 Å². The maximum absolute atomic E-state index is 12.7. The van der Waals surface area contributed by atoms with Crippen LogP contribution in [0.3, 0.4) is 0 Å². The number of likely N-dealkylation sites (tertiary alicyclic amines) is 1. The van der Waals surface area contributed by atoms with Gasteiger partial charge in [-0.3, -0.25) is 4.79 Å². The highest BCUT2D eigenvalue weighted by atomic mass is 32.1. The molecule has 5 heteroatoms. The van der Waals surface area contributed by atoms with Gasteiger partial charge in [0.1, 0.15) is 4.88 Å². The number of nitrogens with zero attached hydrogens (tertiary/aromatic N) is 2. The lowest BCUT2D eigenvalue weighted by atomic mass is 9.96. The van der Waals surface area contributed by atoms with Crippen LogP contribution in [0.1, 0.15) is 46.6 Å². The first-order valence-corrected chi connectivity index (χ1v) is 7.33. The topological polar surface area (TPSA) is 59.2 Å². The van der Waals surface area contributed by atoms with E-state index in [1.807, 2.05) is 18.7 Å². The molecule has 0 radical (unpaired) electrons.